The van der Waals surface area contributed by atoms with E-state index in [0.717, 1.165) is 64.2 Å². The summed E-state index contributed by atoms with van der Waals surface area (Å²) in [5.74, 6) is -1.33. The molecule has 4 nitrogen and oxygen atoms in total. The smallest absolute Gasteiger partial charge is 0.309 e. The van der Waals surface area contributed by atoms with Crippen LogP contribution in [0.4, 0.5) is 0 Å². The summed E-state index contributed by atoms with van der Waals surface area (Å²) in [6, 6.07) is 0. The zero-order chi connectivity index (χ0) is 26.0. The Labute approximate surface area is 218 Å². The van der Waals surface area contributed by atoms with Gasteiger partial charge < -0.3 is 10.2 Å². The van der Waals surface area contributed by atoms with E-state index in [4.69, 9.17) is 5.11 Å². The predicted octanol–water partition coefficient (Wildman–Crippen LogP) is 10.3. The minimum Gasteiger partial charge on any atom is -0.481 e. The first-order valence-corrected chi connectivity index (χ1v) is 15.4. The third-order valence-corrected chi connectivity index (χ3v) is 7.77. The Morgan fingerprint density at radius 1 is 0.457 bits per heavy atom. The lowest BCUT2D eigenvalue weighted by atomic mass is 9.74. The molecule has 35 heavy (non-hydrogen) atoms. The Hall–Kier alpha value is -1.06. The van der Waals surface area contributed by atoms with E-state index in [1.807, 2.05) is 0 Å². The first-order valence-electron chi connectivity index (χ1n) is 15.4. The van der Waals surface area contributed by atoms with Crippen molar-refractivity contribution in [3.63, 3.8) is 0 Å². The Morgan fingerprint density at radius 2 is 0.743 bits per heavy atom. The fraction of sp³-hybridized carbons (Fsp3) is 0.935. The van der Waals surface area contributed by atoms with Crippen molar-refractivity contribution in [2.45, 2.75) is 181 Å². The van der Waals surface area contributed by atoms with Gasteiger partial charge >= 0.3 is 11.9 Å². The summed E-state index contributed by atoms with van der Waals surface area (Å²) in [6.07, 6.45) is 28.7. The highest BCUT2D eigenvalue weighted by Gasteiger charge is 2.36. The van der Waals surface area contributed by atoms with Gasteiger partial charge in [0.1, 0.15) is 0 Å². The van der Waals surface area contributed by atoms with Crippen molar-refractivity contribution in [2.24, 2.45) is 5.41 Å². The van der Waals surface area contributed by atoms with Gasteiger partial charge in [-0.05, 0) is 25.7 Å². The largest absolute Gasteiger partial charge is 0.481 e. The molecule has 0 saturated heterocycles. The van der Waals surface area contributed by atoms with E-state index in [0.29, 0.717) is 6.42 Å². The zero-order valence-electron chi connectivity index (χ0n) is 23.6. The second kappa shape index (κ2) is 24.6. The fourth-order valence-corrected chi connectivity index (χ4v) is 5.34. The third kappa shape index (κ3) is 20.8. The van der Waals surface area contributed by atoms with E-state index in [-0.39, 0.29) is 6.42 Å². The second-order valence-electron chi connectivity index (χ2n) is 11.1. The second-order valence-corrected chi connectivity index (χ2v) is 11.1. The van der Waals surface area contributed by atoms with Crippen LogP contribution >= 0.6 is 0 Å². The predicted molar refractivity (Wildman–Crippen MR) is 149 cm³/mol. The molecule has 0 amide bonds. The van der Waals surface area contributed by atoms with Crippen LogP contribution in [0.3, 0.4) is 0 Å². The van der Waals surface area contributed by atoms with Crippen molar-refractivity contribution >= 4 is 11.9 Å². The van der Waals surface area contributed by atoms with Gasteiger partial charge in [-0.2, -0.15) is 0 Å². The molecule has 0 aromatic heterocycles. The maximum Gasteiger partial charge on any atom is 0.309 e. The van der Waals surface area contributed by atoms with E-state index in [9.17, 15) is 14.7 Å². The molecule has 0 heterocycles. The molecule has 0 saturated carbocycles. The highest BCUT2D eigenvalue weighted by Crippen LogP contribution is 2.38. The first-order chi connectivity index (χ1) is 17.0. The average Bonchev–Trinajstić information content (AvgIpc) is 2.83. The van der Waals surface area contributed by atoms with Gasteiger partial charge in [0.25, 0.3) is 0 Å². The first kappa shape index (κ1) is 33.9. The number of hydrogen-bond acceptors (Lipinski definition) is 2. The van der Waals surface area contributed by atoms with Crippen LogP contribution in [0.5, 0.6) is 0 Å². The number of carbonyl (C=O) groups is 2. The Kier molecular flexibility index (Phi) is 23.9. The van der Waals surface area contributed by atoms with Crippen molar-refractivity contribution in [1.29, 1.82) is 0 Å². The lowest BCUT2D eigenvalue weighted by Crippen LogP contribution is -2.31. The highest BCUT2D eigenvalue weighted by molar-refractivity contribution is 5.74. The van der Waals surface area contributed by atoms with Gasteiger partial charge in [0.05, 0.1) is 5.41 Å². The maximum absolute atomic E-state index is 12.5. The minimum atomic E-state index is -0.736. The number of aliphatic carboxylic acids is 2. The van der Waals surface area contributed by atoms with Crippen LogP contribution in [0.15, 0.2) is 0 Å². The summed E-state index contributed by atoms with van der Waals surface area (Å²) < 4.78 is 0. The number of carboxylic acid groups (broad SMARTS) is 2. The summed E-state index contributed by atoms with van der Waals surface area (Å²) in [4.78, 5) is 23.2. The minimum absolute atomic E-state index is 0.223. The molecule has 4 heteroatoms. The average molecular weight is 497 g/mol. The molecular formula is C31H60O4. The molecule has 208 valence electrons. The summed E-state index contributed by atoms with van der Waals surface area (Å²) >= 11 is 0. The lowest BCUT2D eigenvalue weighted by molar-refractivity contribution is -0.150. The molecule has 0 fully saturated rings. The highest BCUT2D eigenvalue weighted by atomic mass is 16.4. The SMILES string of the molecule is CCCCCCCCCCCC(CCCCCCCCCCC)(CCCCCCC(=O)O)C(=O)O. The van der Waals surface area contributed by atoms with Gasteiger partial charge in [0, 0.05) is 6.42 Å². The normalized spacial score (nSPS) is 11.7. The molecule has 0 spiro atoms. The molecule has 0 aliphatic rings. The van der Waals surface area contributed by atoms with E-state index in [1.165, 1.54) is 89.9 Å². The Bertz CT molecular complexity index is 466. The number of rotatable bonds is 28. The van der Waals surface area contributed by atoms with E-state index in [1.54, 1.807) is 0 Å². The quantitative estimate of drug-likeness (QED) is 0.106. The summed E-state index contributed by atoms with van der Waals surface area (Å²) in [6.45, 7) is 4.50. The van der Waals surface area contributed by atoms with Crippen LogP contribution in [0.1, 0.15) is 181 Å². The molecule has 0 atom stereocenters. The zero-order valence-corrected chi connectivity index (χ0v) is 23.6. The fourth-order valence-electron chi connectivity index (χ4n) is 5.34. The molecule has 0 radical (unpaired) electrons. The van der Waals surface area contributed by atoms with Gasteiger partial charge in [-0.3, -0.25) is 9.59 Å². The van der Waals surface area contributed by atoms with E-state index < -0.39 is 17.4 Å². The van der Waals surface area contributed by atoms with Crippen molar-refractivity contribution in [3.8, 4) is 0 Å². The molecule has 0 aromatic rings. The molecule has 0 aliphatic heterocycles. The summed E-state index contributed by atoms with van der Waals surface area (Å²) in [5.41, 5.74) is -0.574. The van der Waals surface area contributed by atoms with Crippen LogP contribution in [0.2, 0.25) is 0 Å². The van der Waals surface area contributed by atoms with Crippen molar-refractivity contribution in [1.82, 2.24) is 0 Å². The van der Waals surface area contributed by atoms with E-state index >= 15 is 0 Å². The summed E-state index contributed by atoms with van der Waals surface area (Å²) in [5, 5.41) is 19.1. The molecule has 0 rings (SSSR count). The van der Waals surface area contributed by atoms with Crippen LogP contribution in [-0.2, 0) is 9.59 Å². The Balaban J connectivity index is 4.44. The van der Waals surface area contributed by atoms with Crippen LogP contribution in [0.25, 0.3) is 0 Å². The van der Waals surface area contributed by atoms with Gasteiger partial charge in [-0.25, -0.2) is 0 Å². The molecule has 2 N–H and O–H groups in total. The standard InChI is InChI=1S/C31H60O4/c1-3-5-7-9-11-13-15-18-22-26-31(30(34)35,28-24-20-17-21-25-29(32)33)27-23-19-16-14-12-10-8-6-4-2/h3-28H2,1-2H3,(H,32,33)(H,34,35). The molecule has 0 unspecified atom stereocenters. The van der Waals surface area contributed by atoms with Crippen molar-refractivity contribution < 1.29 is 19.8 Å². The van der Waals surface area contributed by atoms with Crippen LogP contribution in [-0.4, -0.2) is 22.2 Å². The van der Waals surface area contributed by atoms with Gasteiger partial charge in [-0.1, -0.05) is 149 Å². The monoisotopic (exact) mass is 496 g/mol. The summed E-state index contributed by atoms with van der Waals surface area (Å²) in [7, 11) is 0. The van der Waals surface area contributed by atoms with E-state index in [2.05, 4.69) is 13.8 Å². The number of hydrogen-bond donors (Lipinski definition) is 2. The Morgan fingerprint density at radius 3 is 1.03 bits per heavy atom. The molecular weight excluding hydrogens is 436 g/mol. The maximum atomic E-state index is 12.5. The van der Waals surface area contributed by atoms with Gasteiger partial charge in [-0.15, -0.1) is 0 Å². The van der Waals surface area contributed by atoms with Crippen molar-refractivity contribution in [2.75, 3.05) is 0 Å². The lowest BCUT2D eigenvalue weighted by Gasteiger charge is -2.30. The van der Waals surface area contributed by atoms with Crippen LogP contribution < -0.4 is 0 Å². The number of unbranched alkanes of at least 4 members (excludes halogenated alkanes) is 19. The van der Waals surface area contributed by atoms with Crippen LogP contribution in [0, 0.1) is 5.41 Å². The topological polar surface area (TPSA) is 74.6 Å². The third-order valence-electron chi connectivity index (χ3n) is 7.77. The molecule has 0 aromatic carbocycles. The van der Waals surface area contributed by atoms with Gasteiger partial charge in [0.2, 0.25) is 0 Å². The van der Waals surface area contributed by atoms with Gasteiger partial charge in [0.15, 0.2) is 0 Å². The molecule has 0 bridgehead atoms. The van der Waals surface area contributed by atoms with Crippen molar-refractivity contribution in [3.05, 3.63) is 0 Å². The number of carboxylic acids is 2. The molecule has 0 aliphatic carbocycles.